The zero-order valence-corrected chi connectivity index (χ0v) is 7.62. The summed E-state index contributed by atoms with van der Waals surface area (Å²) in [6.45, 7) is 8.57. The van der Waals surface area contributed by atoms with Gasteiger partial charge in [0, 0.05) is 6.61 Å². The summed E-state index contributed by atoms with van der Waals surface area (Å²) in [5.74, 6) is 0. The van der Waals surface area contributed by atoms with Gasteiger partial charge in [-0.25, -0.2) is 0 Å². The SMILES string of the molecule is C=CC.CC(O)CO.CCO. The van der Waals surface area contributed by atoms with E-state index in [9.17, 15) is 0 Å². The fourth-order valence-electron chi connectivity index (χ4n) is 0. The highest BCUT2D eigenvalue weighted by atomic mass is 16.3. The molecule has 0 amide bonds. The first-order valence-electron chi connectivity index (χ1n) is 3.57. The molecule has 0 aromatic rings. The Kier molecular flexibility index (Phi) is 34.8. The molecule has 3 N–H and O–H groups in total. The third kappa shape index (κ3) is 213. The Morgan fingerprint density at radius 3 is 1.55 bits per heavy atom. The van der Waals surface area contributed by atoms with Gasteiger partial charge in [-0.1, -0.05) is 6.08 Å². The van der Waals surface area contributed by atoms with Crippen LogP contribution < -0.4 is 0 Å². The van der Waals surface area contributed by atoms with E-state index in [1.807, 2.05) is 6.92 Å². The summed E-state index contributed by atoms with van der Waals surface area (Å²) in [6, 6.07) is 0. The van der Waals surface area contributed by atoms with Crippen LogP contribution in [-0.4, -0.2) is 34.6 Å². The molecule has 0 spiro atoms. The van der Waals surface area contributed by atoms with Gasteiger partial charge in [0.15, 0.2) is 0 Å². The molecule has 0 aromatic heterocycles. The van der Waals surface area contributed by atoms with E-state index in [4.69, 9.17) is 15.3 Å². The van der Waals surface area contributed by atoms with Crippen LogP contribution in [0.5, 0.6) is 0 Å². The van der Waals surface area contributed by atoms with E-state index < -0.39 is 6.10 Å². The molecule has 0 saturated carbocycles. The zero-order chi connectivity index (χ0) is 9.70. The van der Waals surface area contributed by atoms with Crippen LogP contribution in [-0.2, 0) is 0 Å². The van der Waals surface area contributed by atoms with Crippen molar-refractivity contribution in [2.45, 2.75) is 26.9 Å². The molecule has 3 nitrogen and oxygen atoms in total. The van der Waals surface area contributed by atoms with Crippen molar-refractivity contribution in [1.82, 2.24) is 0 Å². The second-order valence-electron chi connectivity index (χ2n) is 1.76. The highest BCUT2D eigenvalue weighted by Crippen LogP contribution is 1.68. The smallest absolute Gasteiger partial charge is 0.0742 e. The molecule has 0 bridgehead atoms. The molecule has 0 rings (SSSR count). The Morgan fingerprint density at radius 2 is 1.55 bits per heavy atom. The lowest BCUT2D eigenvalue weighted by Crippen LogP contribution is -2.03. The monoisotopic (exact) mass is 164 g/mol. The summed E-state index contributed by atoms with van der Waals surface area (Å²) >= 11 is 0. The standard InChI is InChI=1S/C3H8O2.C3H6.C2H6O/c1-3(5)2-4;1-3-2;1-2-3/h3-5H,2H2,1H3;3H,1H2,2H3;3H,2H2,1H3. The molecule has 0 fully saturated rings. The number of rotatable bonds is 1. The van der Waals surface area contributed by atoms with Crippen LogP contribution in [0.25, 0.3) is 0 Å². The minimum atomic E-state index is -0.560. The zero-order valence-electron chi connectivity index (χ0n) is 7.62. The molecule has 0 aliphatic heterocycles. The second kappa shape index (κ2) is 22.6. The van der Waals surface area contributed by atoms with Gasteiger partial charge in [-0.3, -0.25) is 0 Å². The Bertz CT molecular complexity index is 53.3. The molecule has 0 aliphatic rings. The molecule has 1 unspecified atom stereocenters. The van der Waals surface area contributed by atoms with Crippen LogP contribution in [0.15, 0.2) is 12.7 Å². The molecule has 0 radical (unpaired) electrons. The maximum absolute atomic E-state index is 8.11. The Hall–Kier alpha value is -0.380. The van der Waals surface area contributed by atoms with Crippen LogP contribution in [0.1, 0.15) is 20.8 Å². The average molecular weight is 164 g/mol. The Morgan fingerprint density at radius 1 is 1.45 bits per heavy atom. The molecule has 70 valence electrons. The van der Waals surface area contributed by atoms with Gasteiger partial charge in [0.1, 0.15) is 0 Å². The summed E-state index contributed by atoms with van der Waals surface area (Å²) in [7, 11) is 0. The third-order valence-electron chi connectivity index (χ3n) is 0.264. The van der Waals surface area contributed by atoms with Gasteiger partial charge >= 0.3 is 0 Å². The normalized spacial score (nSPS) is 9.64. The van der Waals surface area contributed by atoms with E-state index in [-0.39, 0.29) is 13.2 Å². The van der Waals surface area contributed by atoms with Gasteiger partial charge in [0.2, 0.25) is 0 Å². The minimum absolute atomic E-state index is 0.139. The van der Waals surface area contributed by atoms with Crippen molar-refractivity contribution in [1.29, 1.82) is 0 Å². The Labute approximate surface area is 69.0 Å². The molecular weight excluding hydrogens is 144 g/mol. The van der Waals surface area contributed by atoms with E-state index in [0.29, 0.717) is 0 Å². The van der Waals surface area contributed by atoms with Crippen molar-refractivity contribution in [3.63, 3.8) is 0 Å². The summed E-state index contributed by atoms with van der Waals surface area (Å²) in [6.07, 6.45) is 1.19. The number of aliphatic hydroxyl groups excluding tert-OH is 3. The van der Waals surface area contributed by atoms with E-state index in [0.717, 1.165) is 0 Å². The van der Waals surface area contributed by atoms with Crippen molar-refractivity contribution >= 4 is 0 Å². The topological polar surface area (TPSA) is 60.7 Å². The minimum Gasteiger partial charge on any atom is -0.397 e. The molecule has 0 heterocycles. The number of hydrogen-bond acceptors (Lipinski definition) is 3. The summed E-state index contributed by atoms with van der Waals surface area (Å²) in [5.41, 5.74) is 0. The van der Waals surface area contributed by atoms with E-state index in [2.05, 4.69) is 6.58 Å². The van der Waals surface area contributed by atoms with Gasteiger partial charge in [-0.15, -0.1) is 6.58 Å². The molecular formula is C8H20O3. The predicted octanol–water partition coefficient (Wildman–Crippen LogP) is 0.550. The van der Waals surface area contributed by atoms with Crippen molar-refractivity contribution in [2.24, 2.45) is 0 Å². The van der Waals surface area contributed by atoms with Gasteiger partial charge < -0.3 is 15.3 Å². The number of allylic oxidation sites excluding steroid dienone is 1. The largest absolute Gasteiger partial charge is 0.397 e. The average Bonchev–Trinajstić information content (AvgIpc) is 1.91. The molecule has 11 heavy (non-hydrogen) atoms. The van der Waals surface area contributed by atoms with Crippen molar-refractivity contribution in [3.8, 4) is 0 Å². The first-order valence-corrected chi connectivity index (χ1v) is 3.57. The lowest BCUT2D eigenvalue weighted by atomic mass is 10.5. The first kappa shape index (κ1) is 16.9. The summed E-state index contributed by atoms with van der Waals surface area (Å²) in [4.78, 5) is 0. The van der Waals surface area contributed by atoms with Crippen LogP contribution in [0.2, 0.25) is 0 Å². The quantitative estimate of drug-likeness (QED) is 0.496. The molecule has 0 saturated heterocycles. The van der Waals surface area contributed by atoms with Gasteiger partial charge in [0.05, 0.1) is 12.7 Å². The van der Waals surface area contributed by atoms with E-state index in [1.54, 1.807) is 13.0 Å². The molecule has 3 heteroatoms. The van der Waals surface area contributed by atoms with Crippen molar-refractivity contribution in [3.05, 3.63) is 12.7 Å². The van der Waals surface area contributed by atoms with E-state index >= 15 is 0 Å². The summed E-state index contributed by atoms with van der Waals surface area (Å²) in [5, 5.41) is 23.6. The maximum Gasteiger partial charge on any atom is 0.0742 e. The van der Waals surface area contributed by atoms with Crippen LogP contribution in [0, 0.1) is 0 Å². The van der Waals surface area contributed by atoms with Crippen LogP contribution >= 0.6 is 0 Å². The van der Waals surface area contributed by atoms with Gasteiger partial charge in [-0.2, -0.15) is 0 Å². The van der Waals surface area contributed by atoms with Crippen molar-refractivity contribution < 1.29 is 15.3 Å². The Balaban J connectivity index is -0.0000000933. The fourth-order valence-corrected chi connectivity index (χ4v) is 0. The fraction of sp³-hybridized carbons (Fsp3) is 0.750. The van der Waals surface area contributed by atoms with E-state index in [1.165, 1.54) is 6.92 Å². The number of aliphatic hydroxyl groups is 3. The lowest BCUT2D eigenvalue weighted by Gasteiger charge is -1.90. The molecule has 0 aromatic carbocycles. The second-order valence-corrected chi connectivity index (χ2v) is 1.76. The summed E-state index contributed by atoms with van der Waals surface area (Å²) < 4.78 is 0. The molecule has 1 atom stereocenters. The number of hydrogen-bond donors (Lipinski definition) is 3. The lowest BCUT2D eigenvalue weighted by molar-refractivity contribution is 0.110. The first-order chi connectivity index (χ1) is 5.10. The van der Waals surface area contributed by atoms with Gasteiger partial charge in [0.25, 0.3) is 0 Å². The van der Waals surface area contributed by atoms with Gasteiger partial charge in [-0.05, 0) is 20.8 Å². The van der Waals surface area contributed by atoms with Crippen LogP contribution in [0.3, 0.4) is 0 Å². The van der Waals surface area contributed by atoms with Crippen molar-refractivity contribution in [2.75, 3.05) is 13.2 Å². The molecule has 0 aliphatic carbocycles. The predicted molar refractivity (Wildman–Crippen MR) is 47.4 cm³/mol. The maximum atomic E-state index is 8.11. The highest BCUT2D eigenvalue weighted by Gasteiger charge is 1.83. The van der Waals surface area contributed by atoms with Crippen LogP contribution in [0.4, 0.5) is 0 Å². The highest BCUT2D eigenvalue weighted by molar-refractivity contribution is 4.51. The third-order valence-corrected chi connectivity index (χ3v) is 0.264.